The largest absolute Gasteiger partial charge is 0.473 e. The summed E-state index contributed by atoms with van der Waals surface area (Å²) in [4.78, 5) is 21.8. The Morgan fingerprint density at radius 1 is 1.11 bits per heavy atom. The number of fused-ring (bicyclic) bond motifs is 3. The van der Waals surface area contributed by atoms with Gasteiger partial charge in [0.15, 0.2) is 17.4 Å². The van der Waals surface area contributed by atoms with Gasteiger partial charge in [-0.05, 0) is 48.4 Å². The van der Waals surface area contributed by atoms with E-state index in [1.165, 1.54) is 12.8 Å². The van der Waals surface area contributed by atoms with Crippen molar-refractivity contribution in [3.63, 3.8) is 0 Å². The van der Waals surface area contributed by atoms with Crippen LogP contribution in [0, 0.1) is 17.0 Å². The van der Waals surface area contributed by atoms with Crippen LogP contribution >= 0.6 is 0 Å². The first kappa shape index (κ1) is 22.7. The fraction of sp³-hybridized carbons (Fsp3) is 0.375. The van der Waals surface area contributed by atoms with Gasteiger partial charge in [-0.15, -0.1) is 0 Å². The molecule has 1 aromatic carbocycles. The van der Waals surface area contributed by atoms with E-state index in [0.717, 1.165) is 43.2 Å². The molecule has 2 aromatic heterocycles. The SMILES string of the molecule is O=c1nc(OCc2cc(F)c(Oc3ccnc(C(F)(F)F)c3)c(F)c2)cc2n1C[C@@H]1CC3(CC3)CN21. The molecule has 3 aromatic rings. The highest BCUT2D eigenvalue weighted by molar-refractivity contribution is 5.50. The number of nitrogens with zero attached hydrogens (tertiary/aromatic N) is 4. The van der Waals surface area contributed by atoms with Crippen molar-refractivity contribution in [1.29, 1.82) is 0 Å². The van der Waals surface area contributed by atoms with Crippen LogP contribution in [0.2, 0.25) is 0 Å². The van der Waals surface area contributed by atoms with Crippen molar-refractivity contribution >= 4 is 5.82 Å². The van der Waals surface area contributed by atoms with Crippen molar-refractivity contribution < 1.29 is 31.4 Å². The number of rotatable bonds is 5. The normalized spacial score (nSPS) is 19.4. The van der Waals surface area contributed by atoms with Gasteiger partial charge in [-0.2, -0.15) is 18.2 Å². The predicted molar refractivity (Wildman–Crippen MR) is 116 cm³/mol. The molecule has 1 saturated heterocycles. The third-order valence-electron chi connectivity index (χ3n) is 6.91. The van der Waals surface area contributed by atoms with Gasteiger partial charge in [0, 0.05) is 37.5 Å². The van der Waals surface area contributed by atoms with Gasteiger partial charge in [0.05, 0.1) is 0 Å². The number of halogens is 5. The van der Waals surface area contributed by atoms with Crippen molar-refractivity contribution in [2.75, 3.05) is 11.4 Å². The Bertz CT molecular complexity index is 1400. The summed E-state index contributed by atoms with van der Waals surface area (Å²) >= 11 is 0. The summed E-state index contributed by atoms with van der Waals surface area (Å²) < 4.78 is 79.9. The third-order valence-corrected chi connectivity index (χ3v) is 6.91. The minimum absolute atomic E-state index is 0.0428. The van der Waals surface area contributed by atoms with E-state index < -0.39 is 40.7 Å². The molecule has 7 nitrogen and oxygen atoms in total. The van der Waals surface area contributed by atoms with Crippen molar-refractivity contribution in [1.82, 2.24) is 14.5 Å². The molecule has 2 fully saturated rings. The van der Waals surface area contributed by atoms with E-state index in [1.807, 2.05) is 0 Å². The van der Waals surface area contributed by atoms with Crippen LogP contribution in [0.3, 0.4) is 0 Å². The maximum absolute atomic E-state index is 14.6. The van der Waals surface area contributed by atoms with Crippen molar-refractivity contribution in [2.45, 2.75) is 44.6 Å². The molecule has 36 heavy (non-hydrogen) atoms. The van der Waals surface area contributed by atoms with E-state index in [-0.39, 0.29) is 24.1 Å². The van der Waals surface area contributed by atoms with Crippen molar-refractivity contribution in [2.24, 2.45) is 5.41 Å². The Kier molecular flexibility index (Phi) is 4.99. The highest BCUT2D eigenvalue weighted by Gasteiger charge is 2.54. The van der Waals surface area contributed by atoms with Crippen LogP contribution in [0.4, 0.5) is 27.8 Å². The highest BCUT2D eigenvalue weighted by atomic mass is 19.4. The molecule has 3 aliphatic rings. The van der Waals surface area contributed by atoms with Crippen LogP contribution in [0.5, 0.6) is 17.4 Å². The van der Waals surface area contributed by atoms with E-state index >= 15 is 0 Å². The molecular formula is C24H19F5N4O3. The van der Waals surface area contributed by atoms with Crippen LogP contribution in [-0.4, -0.2) is 27.1 Å². The number of anilines is 1. The van der Waals surface area contributed by atoms with Crippen LogP contribution in [-0.2, 0) is 19.3 Å². The first-order valence-corrected chi connectivity index (χ1v) is 11.3. The Labute approximate surface area is 201 Å². The minimum Gasteiger partial charge on any atom is -0.473 e. The van der Waals surface area contributed by atoms with Gasteiger partial charge >= 0.3 is 11.9 Å². The van der Waals surface area contributed by atoms with E-state index in [0.29, 0.717) is 18.0 Å². The molecular weight excluding hydrogens is 487 g/mol. The van der Waals surface area contributed by atoms with Crippen LogP contribution in [0.25, 0.3) is 0 Å². The summed E-state index contributed by atoms with van der Waals surface area (Å²) in [5.41, 5.74) is -1.25. The molecule has 0 radical (unpaired) electrons. The molecule has 0 bridgehead atoms. The molecule has 0 amide bonds. The Hall–Kier alpha value is -3.70. The molecule has 0 unspecified atom stereocenters. The quantitative estimate of drug-likeness (QED) is 0.469. The second-order valence-electron chi connectivity index (χ2n) is 9.49. The van der Waals surface area contributed by atoms with E-state index in [1.54, 1.807) is 10.6 Å². The van der Waals surface area contributed by atoms with Gasteiger partial charge in [-0.25, -0.2) is 13.6 Å². The lowest BCUT2D eigenvalue weighted by atomic mass is 10.0. The number of ether oxygens (including phenoxy) is 2. The van der Waals surface area contributed by atoms with Crippen molar-refractivity contribution in [3.05, 3.63) is 69.9 Å². The fourth-order valence-electron chi connectivity index (χ4n) is 5.00. The number of aromatic nitrogens is 3. The maximum Gasteiger partial charge on any atom is 0.433 e. The average Bonchev–Trinajstić information content (AvgIpc) is 3.35. The second-order valence-corrected chi connectivity index (χ2v) is 9.49. The minimum atomic E-state index is -4.74. The molecule has 188 valence electrons. The first-order valence-electron chi connectivity index (χ1n) is 11.3. The predicted octanol–water partition coefficient (Wildman–Crippen LogP) is 4.68. The fourth-order valence-corrected chi connectivity index (χ4v) is 5.00. The van der Waals surface area contributed by atoms with Gasteiger partial charge in [0.25, 0.3) is 0 Å². The summed E-state index contributed by atoms with van der Waals surface area (Å²) in [6.45, 7) is 1.19. The van der Waals surface area contributed by atoms with Gasteiger partial charge in [0.1, 0.15) is 23.9 Å². The van der Waals surface area contributed by atoms with Gasteiger partial charge < -0.3 is 14.4 Å². The van der Waals surface area contributed by atoms with E-state index in [2.05, 4.69) is 14.9 Å². The molecule has 1 atom stereocenters. The Balaban J connectivity index is 1.18. The first-order chi connectivity index (χ1) is 17.1. The van der Waals surface area contributed by atoms with Crippen LogP contribution in [0.15, 0.2) is 41.3 Å². The molecule has 1 saturated carbocycles. The lowest BCUT2D eigenvalue weighted by Gasteiger charge is -2.18. The lowest BCUT2D eigenvalue weighted by Crippen LogP contribution is -2.25. The molecule has 1 spiro atoms. The molecule has 12 heteroatoms. The Morgan fingerprint density at radius 2 is 1.86 bits per heavy atom. The number of pyridine rings is 1. The molecule has 1 aliphatic carbocycles. The number of benzene rings is 1. The molecule has 0 N–H and O–H groups in total. The third kappa shape index (κ3) is 4.03. The number of alkyl halides is 3. The average molecular weight is 506 g/mol. The topological polar surface area (TPSA) is 69.5 Å². The highest BCUT2D eigenvalue weighted by Crippen LogP contribution is 2.57. The zero-order chi connectivity index (χ0) is 25.2. The molecule has 2 aliphatic heterocycles. The number of hydrogen-bond acceptors (Lipinski definition) is 6. The molecule has 6 rings (SSSR count). The summed E-state index contributed by atoms with van der Waals surface area (Å²) in [7, 11) is 0. The zero-order valence-corrected chi connectivity index (χ0v) is 18.7. The van der Waals surface area contributed by atoms with Crippen molar-refractivity contribution in [3.8, 4) is 17.4 Å². The standard InChI is InChI=1S/C24H19F5N4O3/c25-16-5-13(6-17(26)21(16)36-15-1-4-30-18(7-15)24(27,28)29)11-35-19-8-20-32(22(34)31-19)10-14-9-23(2-3-23)12-33(14)20/h1,4-8,14H,2-3,9-12H2/t14-/m0/s1. The molecule has 4 heterocycles. The zero-order valence-electron chi connectivity index (χ0n) is 18.7. The van der Waals surface area contributed by atoms with Gasteiger partial charge in [-0.3, -0.25) is 9.55 Å². The van der Waals surface area contributed by atoms with Gasteiger partial charge in [-0.1, -0.05) is 0 Å². The lowest BCUT2D eigenvalue weighted by molar-refractivity contribution is -0.141. The maximum atomic E-state index is 14.6. The monoisotopic (exact) mass is 506 g/mol. The second kappa shape index (κ2) is 7.90. The summed E-state index contributed by atoms with van der Waals surface area (Å²) in [5.74, 6) is -2.76. The summed E-state index contributed by atoms with van der Waals surface area (Å²) in [6, 6.07) is 5.41. The van der Waals surface area contributed by atoms with Gasteiger partial charge in [0.2, 0.25) is 5.88 Å². The number of hydrogen-bond donors (Lipinski definition) is 0. The summed E-state index contributed by atoms with van der Waals surface area (Å²) in [6.07, 6.45) is -0.466. The smallest absolute Gasteiger partial charge is 0.433 e. The van der Waals surface area contributed by atoms with E-state index in [9.17, 15) is 26.7 Å². The van der Waals surface area contributed by atoms with Crippen LogP contribution < -0.4 is 20.1 Å². The summed E-state index contributed by atoms with van der Waals surface area (Å²) in [5, 5.41) is 0. The Morgan fingerprint density at radius 3 is 2.56 bits per heavy atom. The van der Waals surface area contributed by atoms with Crippen LogP contribution in [0.1, 0.15) is 30.5 Å². The van der Waals surface area contributed by atoms with E-state index in [4.69, 9.17) is 9.47 Å².